The number of likely N-dealkylation sites (N-methyl/N-ethyl adjacent to an activating group) is 1. The number of anilines is 1. The van der Waals surface area contributed by atoms with Gasteiger partial charge in [0.05, 0.1) is 20.1 Å². The minimum absolute atomic E-state index is 0.118. The molecule has 1 atom stereocenters. The number of hydrogen-bond donors (Lipinski definition) is 0. The second-order valence-corrected chi connectivity index (χ2v) is 6.37. The largest absolute Gasteiger partial charge is 0.493 e. The number of hydrogen-bond acceptors (Lipinski definition) is 3. The number of nitrogens with zero attached hydrogens (tertiary/aromatic N) is 1. The van der Waals surface area contributed by atoms with E-state index in [4.69, 9.17) is 9.47 Å². The molecule has 0 saturated carbocycles. The second-order valence-electron chi connectivity index (χ2n) is 5.51. The molecule has 1 aliphatic heterocycles. The Bertz CT molecular complexity index is 760. The van der Waals surface area contributed by atoms with Gasteiger partial charge in [-0.05, 0) is 35.7 Å². The average Bonchev–Trinajstić information content (AvgIpc) is 2.81. The number of rotatable bonds is 4. The van der Waals surface area contributed by atoms with Gasteiger partial charge in [0.15, 0.2) is 11.5 Å². The molecule has 0 radical (unpaired) electrons. The number of methoxy groups -OCH3 is 2. The van der Waals surface area contributed by atoms with E-state index in [0.29, 0.717) is 17.9 Å². The summed E-state index contributed by atoms with van der Waals surface area (Å²) in [7, 11) is 5.04. The second kappa shape index (κ2) is 6.24. The molecule has 2 aromatic carbocycles. The summed E-state index contributed by atoms with van der Waals surface area (Å²) in [5, 5.41) is 0. The summed E-state index contributed by atoms with van der Waals surface area (Å²) in [5.74, 6) is 1.27. The van der Waals surface area contributed by atoms with Crippen LogP contribution in [0, 0.1) is 0 Å². The molecule has 3 rings (SSSR count). The van der Waals surface area contributed by atoms with Gasteiger partial charge >= 0.3 is 0 Å². The summed E-state index contributed by atoms with van der Waals surface area (Å²) in [6, 6.07) is 11.7. The SMILES string of the molecule is COc1cc(Br)c(CC2C(=O)N(C)c3ccccc32)cc1OC. The lowest BCUT2D eigenvalue weighted by molar-refractivity contribution is -0.119. The molecule has 120 valence electrons. The Kier molecular flexibility index (Phi) is 4.31. The predicted octanol–water partition coefficient (Wildman–Crippen LogP) is 3.77. The highest BCUT2D eigenvalue weighted by Gasteiger charge is 2.35. The highest BCUT2D eigenvalue weighted by atomic mass is 79.9. The lowest BCUT2D eigenvalue weighted by Crippen LogP contribution is -2.25. The van der Waals surface area contributed by atoms with Gasteiger partial charge in [-0.3, -0.25) is 4.79 Å². The zero-order valence-corrected chi connectivity index (χ0v) is 14.9. The molecule has 2 aromatic rings. The summed E-state index contributed by atoms with van der Waals surface area (Å²) < 4.78 is 11.6. The van der Waals surface area contributed by atoms with Gasteiger partial charge in [-0.1, -0.05) is 34.1 Å². The summed E-state index contributed by atoms with van der Waals surface area (Å²) in [5.41, 5.74) is 3.08. The molecule has 1 amide bonds. The highest BCUT2D eigenvalue weighted by molar-refractivity contribution is 9.10. The highest BCUT2D eigenvalue weighted by Crippen LogP contribution is 2.41. The number of halogens is 1. The van der Waals surface area contributed by atoms with Crippen molar-refractivity contribution in [2.75, 3.05) is 26.2 Å². The summed E-state index contributed by atoms with van der Waals surface area (Å²) in [4.78, 5) is 14.3. The monoisotopic (exact) mass is 375 g/mol. The van der Waals surface area contributed by atoms with Gasteiger partial charge in [-0.15, -0.1) is 0 Å². The van der Waals surface area contributed by atoms with Crippen molar-refractivity contribution in [3.63, 3.8) is 0 Å². The standard InChI is InChI=1S/C18H18BrNO3/c1-20-15-7-5-4-6-12(15)13(18(20)21)8-11-9-16(22-2)17(23-3)10-14(11)19/h4-7,9-10,13H,8H2,1-3H3. The molecule has 0 aromatic heterocycles. The number of ether oxygens (including phenoxy) is 2. The van der Waals surface area contributed by atoms with E-state index in [9.17, 15) is 4.79 Å². The zero-order chi connectivity index (χ0) is 16.6. The first kappa shape index (κ1) is 15.9. The van der Waals surface area contributed by atoms with Crippen LogP contribution in [0.15, 0.2) is 40.9 Å². The minimum Gasteiger partial charge on any atom is -0.493 e. The van der Waals surface area contributed by atoms with Crippen LogP contribution in [0.5, 0.6) is 11.5 Å². The third kappa shape index (κ3) is 2.70. The Morgan fingerprint density at radius 1 is 1.13 bits per heavy atom. The molecule has 23 heavy (non-hydrogen) atoms. The number of carbonyl (C=O) groups is 1. The topological polar surface area (TPSA) is 38.8 Å². The van der Waals surface area contributed by atoms with Crippen LogP contribution < -0.4 is 14.4 Å². The lowest BCUT2D eigenvalue weighted by Gasteiger charge is -2.15. The Labute approximate surface area is 144 Å². The van der Waals surface area contributed by atoms with E-state index in [1.807, 2.05) is 43.4 Å². The summed E-state index contributed by atoms with van der Waals surface area (Å²) in [6.07, 6.45) is 0.612. The molecule has 1 aliphatic rings. The maximum atomic E-state index is 12.6. The molecule has 0 N–H and O–H groups in total. The molecule has 5 heteroatoms. The van der Waals surface area contributed by atoms with Crippen LogP contribution in [-0.2, 0) is 11.2 Å². The normalized spacial score (nSPS) is 16.4. The van der Waals surface area contributed by atoms with Gasteiger partial charge in [-0.25, -0.2) is 0 Å². The fraction of sp³-hybridized carbons (Fsp3) is 0.278. The molecule has 0 aliphatic carbocycles. The van der Waals surface area contributed by atoms with Gasteiger partial charge in [-0.2, -0.15) is 0 Å². The molecule has 0 spiro atoms. The van der Waals surface area contributed by atoms with Gasteiger partial charge in [0.1, 0.15) is 0 Å². The first-order valence-electron chi connectivity index (χ1n) is 7.33. The predicted molar refractivity (Wildman–Crippen MR) is 93.5 cm³/mol. The fourth-order valence-corrected chi connectivity index (χ4v) is 3.53. The first-order valence-corrected chi connectivity index (χ1v) is 8.13. The summed E-state index contributed by atoms with van der Waals surface area (Å²) in [6.45, 7) is 0. The first-order chi connectivity index (χ1) is 11.1. The van der Waals surface area contributed by atoms with Gasteiger partial charge in [0.25, 0.3) is 0 Å². The van der Waals surface area contributed by atoms with Crippen molar-refractivity contribution in [2.45, 2.75) is 12.3 Å². The number of para-hydroxylation sites is 1. The summed E-state index contributed by atoms with van der Waals surface area (Å²) >= 11 is 3.57. The van der Waals surface area contributed by atoms with Crippen LogP contribution in [-0.4, -0.2) is 27.2 Å². The molecule has 4 nitrogen and oxygen atoms in total. The number of carbonyl (C=O) groups excluding carboxylic acids is 1. The van der Waals surface area contributed by atoms with Crippen molar-refractivity contribution in [2.24, 2.45) is 0 Å². The molecular weight excluding hydrogens is 358 g/mol. The molecule has 0 fully saturated rings. The lowest BCUT2D eigenvalue weighted by atomic mass is 9.93. The van der Waals surface area contributed by atoms with E-state index in [2.05, 4.69) is 15.9 Å². The van der Waals surface area contributed by atoms with Crippen molar-refractivity contribution in [1.82, 2.24) is 0 Å². The third-order valence-corrected chi connectivity index (χ3v) is 5.02. The Hall–Kier alpha value is -2.01. The fourth-order valence-electron chi connectivity index (χ4n) is 3.04. The van der Waals surface area contributed by atoms with Crippen LogP contribution in [0.3, 0.4) is 0 Å². The Morgan fingerprint density at radius 3 is 2.48 bits per heavy atom. The minimum atomic E-state index is -0.175. The van der Waals surface area contributed by atoms with E-state index in [-0.39, 0.29) is 11.8 Å². The van der Waals surface area contributed by atoms with Crippen LogP contribution in [0.4, 0.5) is 5.69 Å². The molecule has 1 heterocycles. The maximum Gasteiger partial charge on any atom is 0.234 e. The van der Waals surface area contributed by atoms with Crippen molar-refractivity contribution in [1.29, 1.82) is 0 Å². The van der Waals surface area contributed by atoms with Crippen LogP contribution in [0.2, 0.25) is 0 Å². The maximum absolute atomic E-state index is 12.6. The molecule has 0 bridgehead atoms. The van der Waals surface area contributed by atoms with E-state index >= 15 is 0 Å². The van der Waals surface area contributed by atoms with Gasteiger partial charge in [0.2, 0.25) is 5.91 Å². The van der Waals surface area contributed by atoms with Gasteiger partial charge < -0.3 is 14.4 Å². The third-order valence-electron chi connectivity index (χ3n) is 4.28. The van der Waals surface area contributed by atoms with Gasteiger partial charge in [0, 0.05) is 17.2 Å². The van der Waals surface area contributed by atoms with E-state index in [1.54, 1.807) is 19.1 Å². The van der Waals surface area contributed by atoms with Crippen LogP contribution in [0.25, 0.3) is 0 Å². The van der Waals surface area contributed by atoms with Crippen molar-refractivity contribution in [3.05, 3.63) is 52.0 Å². The van der Waals surface area contributed by atoms with Crippen molar-refractivity contribution < 1.29 is 14.3 Å². The number of amides is 1. The van der Waals surface area contributed by atoms with E-state index < -0.39 is 0 Å². The van der Waals surface area contributed by atoms with Crippen molar-refractivity contribution in [3.8, 4) is 11.5 Å². The molecule has 1 unspecified atom stereocenters. The Morgan fingerprint density at radius 2 is 1.78 bits per heavy atom. The number of benzene rings is 2. The van der Waals surface area contributed by atoms with Crippen LogP contribution >= 0.6 is 15.9 Å². The van der Waals surface area contributed by atoms with E-state index in [1.165, 1.54) is 0 Å². The molecule has 0 saturated heterocycles. The molecular formula is C18H18BrNO3. The van der Waals surface area contributed by atoms with Crippen molar-refractivity contribution >= 4 is 27.5 Å². The Balaban J connectivity index is 1.98. The number of fused-ring (bicyclic) bond motifs is 1. The zero-order valence-electron chi connectivity index (χ0n) is 13.3. The van der Waals surface area contributed by atoms with E-state index in [0.717, 1.165) is 21.3 Å². The quantitative estimate of drug-likeness (QED) is 0.816. The average molecular weight is 376 g/mol. The smallest absolute Gasteiger partial charge is 0.234 e. The van der Waals surface area contributed by atoms with Crippen LogP contribution in [0.1, 0.15) is 17.0 Å².